The fourth-order valence-corrected chi connectivity index (χ4v) is 22.6. The van der Waals surface area contributed by atoms with Gasteiger partial charge in [-0.2, -0.15) is 0 Å². The van der Waals surface area contributed by atoms with Crippen LogP contribution in [0.15, 0.2) is 195 Å². The zero-order valence-corrected chi connectivity index (χ0v) is 75.7. The maximum atomic E-state index is 4.92. The van der Waals surface area contributed by atoms with E-state index in [1.54, 1.807) is 0 Å². The lowest BCUT2D eigenvalue weighted by atomic mass is 9.94. The molecule has 0 fully saturated rings. The first kappa shape index (κ1) is 78.2. The van der Waals surface area contributed by atoms with Gasteiger partial charge in [-0.25, -0.2) is 18.3 Å². The van der Waals surface area contributed by atoms with Gasteiger partial charge in [0, 0.05) is 70.2 Å². The van der Waals surface area contributed by atoms with E-state index in [1.165, 1.54) is 290 Å². The third-order valence-electron chi connectivity index (χ3n) is 29.2. The third-order valence-corrected chi connectivity index (χ3v) is 29.2. The van der Waals surface area contributed by atoms with Gasteiger partial charge in [-0.15, -0.1) is 0 Å². The van der Waals surface area contributed by atoms with Gasteiger partial charge in [0.15, 0.2) is 22.8 Å². The Hall–Kier alpha value is -13.0. The van der Waals surface area contributed by atoms with E-state index in [2.05, 4.69) is 327 Å². The van der Waals surface area contributed by atoms with E-state index in [4.69, 9.17) is 19.9 Å². The van der Waals surface area contributed by atoms with Gasteiger partial charge < -0.3 is 0 Å². The zero-order chi connectivity index (χ0) is 85.8. The summed E-state index contributed by atoms with van der Waals surface area (Å²) >= 11 is 0. The van der Waals surface area contributed by atoms with Crippen LogP contribution in [0.5, 0.6) is 0 Å². The standard InChI is InChI=1S/4C29H27N2/c1-16-6-7-23-20(9-16)11-21-13-26-22(12-25(21)23)14-27-28(26)30-15-31(5)29(27)24-10-17(2)8-18(3)19(24)4;1-16-6-7-20-11-21-13-26-22(12-25(21)24(20)9-16)14-27-28(26)30-15-31(5)29(27)23-10-17(2)8-18(3)19(23)4;1-16-9-18(3)19(4)24(10-16)29-27-14-21-12-25-20(11-23-17(2)7-6-8-22(23)25)13-26(21)28(27)30-15-31(29)5;1-16-9-18(3)19(4)23(10-16)29-26-14-22-12-24-21(11-20-8-6-7-17(2)27(20)24)13-25(22)28(26)30-15-31(29)5/h4*6-10,12-13,15H,11,14H2,1-5H3/q4*+1. The predicted molar refractivity (Wildman–Crippen MR) is 505 cm³/mol. The summed E-state index contributed by atoms with van der Waals surface area (Å²) in [5.41, 5.74) is 76.0. The van der Waals surface area contributed by atoms with Gasteiger partial charge in [0.2, 0.25) is 0 Å². The highest BCUT2D eigenvalue weighted by Gasteiger charge is 2.40. The van der Waals surface area contributed by atoms with Gasteiger partial charge >= 0.3 is 0 Å². The van der Waals surface area contributed by atoms with Crippen molar-refractivity contribution in [2.75, 3.05) is 0 Å². The summed E-state index contributed by atoms with van der Waals surface area (Å²) in [7, 11) is 8.51. The van der Waals surface area contributed by atoms with Gasteiger partial charge in [0.25, 0.3) is 25.3 Å². The van der Waals surface area contributed by atoms with Crippen LogP contribution in [-0.4, -0.2) is 19.9 Å². The van der Waals surface area contributed by atoms with E-state index in [-0.39, 0.29) is 0 Å². The Kier molecular flexibility index (Phi) is 18.5. The molecule has 4 aromatic heterocycles. The first-order valence-corrected chi connectivity index (χ1v) is 44.5. The molecule has 8 aliphatic carbocycles. The Morgan fingerprint density at radius 1 is 0.194 bits per heavy atom. The molecule has 0 amide bonds. The van der Waals surface area contributed by atoms with Gasteiger partial charge in [-0.1, -0.05) is 130 Å². The van der Waals surface area contributed by atoms with Gasteiger partial charge in [-0.05, 0) is 396 Å². The predicted octanol–water partition coefficient (Wildman–Crippen LogP) is 23.8. The number of benzene rings is 12. The molecule has 124 heavy (non-hydrogen) atoms. The largest absolute Gasteiger partial charge is 0.287 e. The zero-order valence-electron chi connectivity index (χ0n) is 75.7. The van der Waals surface area contributed by atoms with Crippen molar-refractivity contribution in [1.82, 2.24) is 19.9 Å². The minimum Gasteiger partial charge on any atom is -0.232 e. The molecule has 12 aromatic carbocycles. The van der Waals surface area contributed by atoms with E-state index in [0.717, 1.165) is 74.1 Å². The molecule has 16 aromatic rings. The second-order valence-corrected chi connectivity index (χ2v) is 37.8. The molecule has 0 saturated carbocycles. The SMILES string of the molecule is Cc1cc(C)c(C)c(-c2c3c(nc[n+]2C)-c2cc4c(cc2C3)-c2c(C)cccc2C4)c1.Cc1cc(C)c(C)c(-c2c3c(nc[n+]2C)-c2cc4c(cc2C3)-c2cccc(C)c2C4)c1.Cc1ccc2c(c1)-c1cc3c(cc1C2)-c1nc[n+](C)c(-c2cc(C)cc(C)c2C)c1C3.Cc1ccc2c(c1)Cc1cc3c(cc1-2)Cc1c-3nc[n+](C)c1-c1cc(C)cc(C)c1C. The lowest BCUT2D eigenvalue weighted by Crippen LogP contribution is -2.33. The molecular formula is C116H108N8+4. The third kappa shape index (κ3) is 12.6. The Morgan fingerprint density at radius 3 is 0.911 bits per heavy atom. The second kappa shape index (κ2) is 29.3. The van der Waals surface area contributed by atoms with Crippen molar-refractivity contribution in [3.05, 3.63) is 373 Å². The van der Waals surface area contributed by atoms with Crippen LogP contribution in [0, 0.1) is 111 Å². The van der Waals surface area contributed by atoms with E-state index >= 15 is 0 Å². The quantitative estimate of drug-likeness (QED) is 0.165. The van der Waals surface area contributed by atoms with Crippen molar-refractivity contribution in [2.45, 2.75) is 162 Å². The van der Waals surface area contributed by atoms with Crippen LogP contribution in [-0.2, 0) is 79.6 Å². The monoisotopic (exact) mass is 1610 g/mol. The van der Waals surface area contributed by atoms with Gasteiger partial charge in [0.05, 0.1) is 50.4 Å². The molecule has 24 rings (SSSR count). The molecule has 0 aliphatic heterocycles. The Bertz CT molecular complexity index is 7380. The molecule has 0 radical (unpaired) electrons. The molecule has 8 heteroatoms. The fraction of sp³-hybridized carbons (Fsp3) is 0.241. The lowest BCUT2D eigenvalue weighted by molar-refractivity contribution is -0.663. The van der Waals surface area contributed by atoms with E-state index in [0.29, 0.717) is 0 Å². The molecular weight excluding hydrogens is 1510 g/mol. The number of aryl methyl sites for hydroxylation is 16. The molecule has 608 valence electrons. The summed E-state index contributed by atoms with van der Waals surface area (Å²) in [6, 6.07) is 65.0. The van der Waals surface area contributed by atoms with E-state index in [1.807, 2.05) is 25.3 Å². The van der Waals surface area contributed by atoms with Crippen LogP contribution in [0.3, 0.4) is 0 Å². The van der Waals surface area contributed by atoms with Crippen LogP contribution in [0.2, 0.25) is 0 Å². The Balaban J connectivity index is 0.000000101. The Morgan fingerprint density at radius 2 is 0.484 bits per heavy atom. The number of hydrogen-bond acceptors (Lipinski definition) is 4. The summed E-state index contributed by atoms with van der Waals surface area (Å²) in [6.07, 6.45) is 15.9. The first-order valence-electron chi connectivity index (χ1n) is 44.5. The van der Waals surface area contributed by atoms with Gasteiger partial charge in [-0.3, -0.25) is 0 Å². The maximum Gasteiger partial charge on any atom is 0.287 e. The van der Waals surface area contributed by atoms with Crippen LogP contribution >= 0.6 is 0 Å². The summed E-state index contributed by atoms with van der Waals surface area (Å²) in [5.74, 6) is 0. The molecule has 0 spiro atoms. The van der Waals surface area contributed by atoms with Crippen molar-refractivity contribution in [3.63, 3.8) is 0 Å². The molecule has 8 nitrogen and oxygen atoms in total. The van der Waals surface area contributed by atoms with E-state index in [9.17, 15) is 0 Å². The van der Waals surface area contributed by atoms with Crippen molar-refractivity contribution in [1.29, 1.82) is 0 Å². The molecule has 0 atom stereocenters. The number of fused-ring (bicyclic) bond motifs is 24. The minimum atomic E-state index is 0.947. The topological polar surface area (TPSA) is 67.1 Å². The van der Waals surface area contributed by atoms with Crippen molar-refractivity contribution < 1.29 is 18.3 Å². The van der Waals surface area contributed by atoms with Crippen molar-refractivity contribution in [3.8, 4) is 135 Å². The molecule has 0 saturated heterocycles. The minimum absolute atomic E-state index is 0.947. The average Bonchev–Trinajstić information content (AvgIpc) is 1.59. The number of rotatable bonds is 4. The normalized spacial score (nSPS) is 13.1. The average molecular weight is 1610 g/mol. The molecule has 0 N–H and O–H groups in total. The highest BCUT2D eigenvalue weighted by Crippen LogP contribution is 2.53. The van der Waals surface area contributed by atoms with Crippen LogP contribution in [0.1, 0.15) is 178 Å². The first-order chi connectivity index (χ1) is 59.6. The van der Waals surface area contributed by atoms with Crippen molar-refractivity contribution >= 4 is 0 Å². The molecule has 0 bridgehead atoms. The smallest absolute Gasteiger partial charge is 0.232 e. The van der Waals surface area contributed by atoms with Crippen LogP contribution in [0.25, 0.3) is 135 Å². The molecule has 0 unspecified atom stereocenters. The van der Waals surface area contributed by atoms with E-state index < -0.39 is 0 Å². The Labute approximate surface area is 731 Å². The molecule has 4 heterocycles. The summed E-state index contributed by atoms with van der Waals surface area (Å²) in [5, 5.41) is 0. The highest BCUT2D eigenvalue weighted by atomic mass is 15.0. The highest BCUT2D eigenvalue weighted by molar-refractivity contribution is 5.93. The number of aromatic nitrogens is 8. The molecule has 8 aliphatic rings. The number of hydrogen-bond donors (Lipinski definition) is 0. The summed E-state index contributed by atoms with van der Waals surface area (Å²) in [4.78, 5) is 19.7. The number of nitrogens with zero attached hydrogens (tertiary/aromatic N) is 8. The summed E-state index contributed by atoms with van der Waals surface area (Å²) < 4.78 is 8.83. The van der Waals surface area contributed by atoms with Crippen molar-refractivity contribution in [2.24, 2.45) is 28.2 Å². The lowest BCUT2D eigenvalue weighted by Gasteiger charge is -2.13. The fourth-order valence-electron chi connectivity index (χ4n) is 22.6. The van der Waals surface area contributed by atoms with Crippen LogP contribution in [0.4, 0.5) is 0 Å². The summed E-state index contributed by atoms with van der Waals surface area (Å²) in [6.45, 7) is 35.4. The second-order valence-electron chi connectivity index (χ2n) is 37.8. The van der Waals surface area contributed by atoms with Crippen LogP contribution < -0.4 is 18.3 Å². The maximum absolute atomic E-state index is 4.92. The van der Waals surface area contributed by atoms with Gasteiger partial charge in [0.1, 0.15) is 22.8 Å².